The van der Waals surface area contributed by atoms with E-state index in [0.717, 1.165) is 36.3 Å². The van der Waals surface area contributed by atoms with Gasteiger partial charge in [-0.25, -0.2) is 24.5 Å². The number of nitrogen functional groups attached to an aromatic ring is 1. The molecule has 1 saturated heterocycles. The molecule has 0 aromatic carbocycles. The van der Waals surface area contributed by atoms with Gasteiger partial charge in [0.15, 0.2) is 39.8 Å². The molecule has 0 unspecified atom stereocenters. The van der Waals surface area contributed by atoms with E-state index in [1.807, 2.05) is 4.90 Å². The quantitative estimate of drug-likeness (QED) is 0.0380. The van der Waals surface area contributed by atoms with E-state index in [1.165, 1.54) is 6.33 Å². The van der Waals surface area contributed by atoms with Gasteiger partial charge in [0.05, 0.1) is 6.61 Å². The first kappa shape index (κ1) is 48.0. The number of alkyl carbamates (subject to hydrolysis) is 1. The number of esters is 1. The molecule has 1 aliphatic heterocycles. The summed E-state index contributed by atoms with van der Waals surface area (Å²) >= 11 is 0. The third-order valence-electron chi connectivity index (χ3n) is 10.8. The molecule has 18 nitrogen and oxygen atoms in total. The van der Waals surface area contributed by atoms with Crippen molar-refractivity contribution in [1.29, 1.82) is 0 Å². The number of nitrogens with one attached hydrogen (secondary N) is 1. The van der Waals surface area contributed by atoms with Crippen LogP contribution in [0.4, 0.5) is 16.6 Å². The highest BCUT2D eigenvalue weighted by Gasteiger charge is 2.53. The molecule has 2 aromatic rings. The highest BCUT2D eigenvalue weighted by atomic mass is 28.4. The predicted molar refractivity (Wildman–Crippen MR) is 224 cm³/mol. The fraction of sp³-hybridized carbons (Fsp3) is 0.811. The number of carbonyl (C=O) groups is 2. The Morgan fingerprint density at radius 1 is 0.965 bits per heavy atom. The highest BCUT2D eigenvalue weighted by molar-refractivity contribution is 6.74. The summed E-state index contributed by atoms with van der Waals surface area (Å²) in [5.41, 5.74) is 14.9. The topological polar surface area (TPSA) is 234 Å². The third-order valence-corrected chi connectivity index (χ3v) is 20.0. The van der Waals surface area contributed by atoms with E-state index < -0.39 is 70.5 Å². The van der Waals surface area contributed by atoms with Crippen LogP contribution >= 0.6 is 0 Å². The van der Waals surface area contributed by atoms with E-state index in [2.05, 4.69) is 71.8 Å². The molecule has 1 fully saturated rings. The van der Waals surface area contributed by atoms with Crippen molar-refractivity contribution in [3.8, 4) is 0 Å². The molecule has 57 heavy (non-hydrogen) atoms. The van der Waals surface area contributed by atoms with E-state index in [0.29, 0.717) is 5.65 Å². The molecule has 20 heteroatoms. The van der Waals surface area contributed by atoms with Gasteiger partial charge in [-0.1, -0.05) is 41.5 Å². The summed E-state index contributed by atoms with van der Waals surface area (Å²) in [4.78, 5) is 44.6. The Labute approximate surface area is 339 Å². The molecule has 3 heterocycles. The molecule has 0 bridgehead atoms. The Hall–Kier alpha value is -3.37. The second-order valence-corrected chi connectivity index (χ2v) is 26.1. The third kappa shape index (κ3) is 12.6. The summed E-state index contributed by atoms with van der Waals surface area (Å²) in [6, 6.07) is 4.14. The van der Waals surface area contributed by atoms with E-state index in [-0.39, 0.29) is 49.9 Å². The average molecular weight is 837 g/mol. The minimum Gasteiger partial charge on any atom is -0.458 e. The van der Waals surface area contributed by atoms with Gasteiger partial charge in [0.1, 0.15) is 41.9 Å². The van der Waals surface area contributed by atoms with E-state index in [9.17, 15) is 20.2 Å². The van der Waals surface area contributed by atoms with Crippen LogP contribution in [-0.2, 0) is 27.9 Å². The number of aromatic nitrogens is 4. The van der Waals surface area contributed by atoms with Gasteiger partial charge in [0, 0.05) is 24.5 Å². The number of hydrogen-bond acceptors (Lipinski definition) is 14. The Bertz CT molecular complexity index is 1660. The van der Waals surface area contributed by atoms with Crippen LogP contribution in [0.15, 0.2) is 11.4 Å². The SMILES string of the molecule is CC[Si](CC)(CC)O[C@@H]1[C@H](O[Si](CC)(CC)CC)[C@@H](CN(CCO)CC[C@H](NC(=O)OC(C)(C)C)C(=O)OC(C)(C)C)O[C@H]1n1c(N=[N+]=[N-])nc2c(N)ncnc21. The number of aliphatic hydroxyl groups excluding tert-OH is 1. The summed E-state index contributed by atoms with van der Waals surface area (Å²) in [6.07, 6.45) is -2.05. The maximum absolute atomic E-state index is 13.5. The molecule has 3 rings (SSSR count). The Kier molecular flexibility index (Phi) is 17.3. The summed E-state index contributed by atoms with van der Waals surface area (Å²) in [6.45, 7) is 24.0. The molecule has 0 radical (unpaired) electrons. The molecule has 4 N–H and O–H groups in total. The van der Waals surface area contributed by atoms with Crippen LogP contribution in [0.5, 0.6) is 0 Å². The maximum atomic E-state index is 13.5. The molecule has 5 atom stereocenters. The van der Waals surface area contributed by atoms with Crippen molar-refractivity contribution in [2.45, 2.75) is 168 Å². The summed E-state index contributed by atoms with van der Waals surface area (Å²) in [7, 11) is -4.72. The van der Waals surface area contributed by atoms with Gasteiger partial charge < -0.3 is 39.2 Å². The minimum absolute atomic E-state index is 0.0000731. The summed E-state index contributed by atoms with van der Waals surface area (Å²) < 4.78 is 34.7. The molecule has 0 saturated carbocycles. The smallest absolute Gasteiger partial charge is 0.408 e. The molecule has 2 aromatic heterocycles. The first-order valence-electron chi connectivity index (χ1n) is 20.4. The molecular formula is C37H68N10O8Si2. The van der Waals surface area contributed by atoms with Gasteiger partial charge in [-0.15, -0.1) is 0 Å². The normalized spacial score (nSPS) is 19.8. The standard InChI is InChI=1S/C37H68N10O8Si2/c1-13-56(14-2,15-3)54-28-26(23-46(21-22-48)20-19-25(33(49)52-36(7,8)9)42-35(50)53-37(10,11)12)51-32(29(28)55-57(16-4,17-5)18-6)47-31-27(30(38)40-24-41-31)43-34(47)44-45-39/h24-26,28-29,32,48H,13-23H2,1-12H3,(H,42,50)(H2,38,40,41)/t25-,26+,28+,29+,32+/m0/s1. The fourth-order valence-corrected chi connectivity index (χ4v) is 12.9. The van der Waals surface area contributed by atoms with Gasteiger partial charge in [-0.05, 0) is 94.9 Å². The summed E-state index contributed by atoms with van der Waals surface area (Å²) in [5, 5.41) is 17.0. The van der Waals surface area contributed by atoms with E-state index in [4.69, 9.17) is 28.8 Å². The molecule has 1 aliphatic rings. The van der Waals surface area contributed by atoms with Gasteiger partial charge in [-0.3, -0.25) is 9.47 Å². The lowest BCUT2D eigenvalue weighted by Crippen LogP contribution is -2.53. The molecule has 0 spiro atoms. The van der Waals surface area contributed by atoms with E-state index in [1.54, 1.807) is 46.1 Å². The number of carbonyl (C=O) groups excluding carboxylic acids is 2. The zero-order valence-corrected chi connectivity index (χ0v) is 38.2. The number of azide groups is 1. The number of nitrogens with zero attached hydrogens (tertiary/aromatic N) is 8. The van der Waals surface area contributed by atoms with Gasteiger partial charge in [-0.2, -0.15) is 0 Å². The Balaban J connectivity index is 2.18. The number of fused-ring (bicyclic) bond motifs is 1. The largest absolute Gasteiger partial charge is 0.458 e. The van der Waals surface area contributed by atoms with Crippen molar-refractivity contribution in [2.24, 2.45) is 5.11 Å². The number of imidazole rings is 1. The number of nitrogens with two attached hydrogens (primary N) is 1. The lowest BCUT2D eigenvalue weighted by atomic mass is 10.1. The molecule has 322 valence electrons. The van der Waals surface area contributed by atoms with Crippen molar-refractivity contribution in [2.75, 3.05) is 32.0 Å². The van der Waals surface area contributed by atoms with Crippen LogP contribution in [0.2, 0.25) is 36.3 Å². The second-order valence-electron chi connectivity index (χ2n) is 16.7. The zero-order valence-electron chi connectivity index (χ0n) is 36.2. The lowest BCUT2D eigenvalue weighted by molar-refractivity contribution is -0.157. The zero-order chi connectivity index (χ0) is 42.8. The van der Waals surface area contributed by atoms with Crippen LogP contribution in [0, 0.1) is 0 Å². The Morgan fingerprint density at radius 3 is 2.04 bits per heavy atom. The Morgan fingerprint density at radius 2 is 1.53 bits per heavy atom. The number of aliphatic hydroxyl groups is 1. The molecule has 1 amide bonds. The fourth-order valence-electron chi connectivity index (χ4n) is 7.24. The van der Waals surface area contributed by atoms with Crippen molar-refractivity contribution in [1.82, 2.24) is 29.7 Å². The van der Waals surface area contributed by atoms with Gasteiger partial charge in [0.2, 0.25) is 5.95 Å². The average Bonchev–Trinajstić information content (AvgIpc) is 3.66. The van der Waals surface area contributed by atoms with Crippen molar-refractivity contribution in [3.05, 3.63) is 16.8 Å². The number of hydrogen-bond donors (Lipinski definition) is 3. The number of rotatable bonds is 21. The van der Waals surface area contributed by atoms with Crippen LogP contribution in [-0.4, -0.2) is 120 Å². The van der Waals surface area contributed by atoms with Crippen LogP contribution < -0.4 is 11.1 Å². The minimum atomic E-state index is -2.38. The molecule has 0 aliphatic carbocycles. The van der Waals surface area contributed by atoms with Crippen molar-refractivity contribution in [3.63, 3.8) is 0 Å². The lowest BCUT2D eigenvalue weighted by Gasteiger charge is -2.40. The van der Waals surface area contributed by atoms with Crippen LogP contribution in [0.1, 0.15) is 95.7 Å². The van der Waals surface area contributed by atoms with Crippen LogP contribution in [0.3, 0.4) is 0 Å². The first-order valence-corrected chi connectivity index (χ1v) is 25.4. The highest BCUT2D eigenvalue weighted by Crippen LogP contribution is 2.43. The first-order chi connectivity index (χ1) is 26.8. The number of anilines is 1. The number of ether oxygens (including phenoxy) is 3. The van der Waals surface area contributed by atoms with E-state index >= 15 is 0 Å². The maximum Gasteiger partial charge on any atom is 0.408 e. The predicted octanol–water partition coefficient (Wildman–Crippen LogP) is 6.95. The van der Waals surface area contributed by atoms with Crippen molar-refractivity contribution >= 4 is 51.6 Å². The number of amides is 1. The van der Waals surface area contributed by atoms with Crippen molar-refractivity contribution < 1.29 is 37.8 Å². The van der Waals surface area contributed by atoms with Gasteiger partial charge >= 0.3 is 12.1 Å². The van der Waals surface area contributed by atoms with Gasteiger partial charge in [0.25, 0.3) is 0 Å². The second kappa shape index (κ2) is 20.6. The summed E-state index contributed by atoms with van der Waals surface area (Å²) in [5.74, 6) is -0.483. The monoisotopic (exact) mass is 836 g/mol. The van der Waals surface area contributed by atoms with Crippen LogP contribution in [0.25, 0.3) is 21.6 Å². The molecular weight excluding hydrogens is 769 g/mol.